The van der Waals surface area contributed by atoms with Gasteiger partial charge in [-0.2, -0.15) is 0 Å². The van der Waals surface area contributed by atoms with Gasteiger partial charge >= 0.3 is 96.1 Å². The van der Waals surface area contributed by atoms with Crippen molar-refractivity contribution in [3.05, 3.63) is 10.4 Å². The van der Waals surface area contributed by atoms with Gasteiger partial charge in [0.1, 0.15) is 0 Å². The zero-order chi connectivity index (χ0) is 8.93. The van der Waals surface area contributed by atoms with E-state index in [4.69, 9.17) is 0 Å². The van der Waals surface area contributed by atoms with Crippen molar-refractivity contribution in [2.75, 3.05) is 0 Å². The number of hydrogen-bond acceptors (Lipinski definition) is 2. The summed E-state index contributed by atoms with van der Waals surface area (Å²) in [6.07, 6.45) is 7.42. The van der Waals surface area contributed by atoms with Gasteiger partial charge in [-0.15, -0.1) is 0 Å². The molecule has 0 spiro atoms. The second-order valence-electron chi connectivity index (χ2n) is 3.57. The van der Waals surface area contributed by atoms with Crippen LogP contribution >= 0.6 is 23.5 Å². The molecule has 1 fully saturated rings. The van der Waals surface area contributed by atoms with Crippen LogP contribution in [-0.4, -0.2) is 24.8 Å². The summed E-state index contributed by atoms with van der Waals surface area (Å²) in [4.78, 5) is 2.37. The molecule has 1 aliphatic heterocycles. The van der Waals surface area contributed by atoms with E-state index in [-0.39, 0.29) is 0 Å². The van der Waals surface area contributed by atoms with Crippen molar-refractivity contribution in [3.63, 3.8) is 0 Å². The fourth-order valence-corrected chi connectivity index (χ4v) is 7.52. The van der Waals surface area contributed by atoms with Crippen molar-refractivity contribution in [1.82, 2.24) is 0 Å². The van der Waals surface area contributed by atoms with Crippen molar-refractivity contribution >= 4 is 38.5 Å². The van der Waals surface area contributed by atoms with E-state index < -0.39 is 0 Å². The topological polar surface area (TPSA) is 0 Å². The van der Waals surface area contributed by atoms with E-state index in [0.29, 0.717) is 0 Å². The quantitative estimate of drug-likeness (QED) is 0.707. The van der Waals surface area contributed by atoms with Gasteiger partial charge in [-0.25, -0.2) is 0 Å². The zero-order valence-electron chi connectivity index (χ0n) is 7.78. The molecule has 0 amide bonds. The molecule has 0 aromatic carbocycles. The van der Waals surface area contributed by atoms with Crippen LogP contribution in [0.5, 0.6) is 0 Å². The Kier molecular flexibility index (Phi) is 4.63. The molecule has 2 rings (SSSR count). The maximum absolute atomic E-state index is 2.37. The molecule has 1 atom stereocenters. The molecule has 0 nitrogen and oxygen atoms in total. The Labute approximate surface area is 95.8 Å². The summed E-state index contributed by atoms with van der Waals surface area (Å²) in [5, 5.41) is 4.77. The fourth-order valence-electron chi connectivity index (χ4n) is 1.82. The normalized spacial score (nSPS) is 30.6. The number of hydrogen-bond donors (Lipinski definition) is 0. The first-order valence-electron chi connectivity index (χ1n) is 5.03. The molecule has 13 heavy (non-hydrogen) atoms. The molecule has 0 aromatic heterocycles. The molecule has 0 aromatic rings. The molecule has 1 saturated carbocycles. The summed E-state index contributed by atoms with van der Waals surface area (Å²) in [6.45, 7) is 0. The van der Waals surface area contributed by atoms with E-state index in [1.54, 1.807) is 0 Å². The van der Waals surface area contributed by atoms with E-state index in [0.717, 1.165) is 24.8 Å². The van der Waals surface area contributed by atoms with Gasteiger partial charge in [0.2, 0.25) is 0 Å². The second-order valence-corrected chi connectivity index (χ2v) is 8.46. The average molecular weight is 279 g/mol. The summed E-state index contributed by atoms with van der Waals surface area (Å²) < 4.78 is 0.896. The number of thioether (sulfide) groups is 2. The SMILES string of the molecule is C1=C[Se]CC(SC2CCCCC2)S1. The van der Waals surface area contributed by atoms with Crippen LogP contribution in [0.15, 0.2) is 10.4 Å². The predicted octanol–water partition coefficient (Wildman–Crippen LogP) is 3.72. The van der Waals surface area contributed by atoms with E-state index in [2.05, 4.69) is 33.9 Å². The zero-order valence-corrected chi connectivity index (χ0v) is 11.1. The Morgan fingerprint density at radius 3 is 2.77 bits per heavy atom. The van der Waals surface area contributed by atoms with Gasteiger partial charge in [0.25, 0.3) is 0 Å². The van der Waals surface area contributed by atoms with Crippen molar-refractivity contribution in [2.45, 2.75) is 47.3 Å². The van der Waals surface area contributed by atoms with E-state index in [1.165, 1.54) is 37.4 Å². The minimum absolute atomic E-state index is 0.803. The van der Waals surface area contributed by atoms with E-state index >= 15 is 0 Å². The van der Waals surface area contributed by atoms with E-state index in [1.807, 2.05) is 0 Å². The Morgan fingerprint density at radius 2 is 2.08 bits per heavy atom. The molecular formula is C10H16S2Se. The molecule has 0 radical (unpaired) electrons. The minimum atomic E-state index is 0.803. The first-order valence-corrected chi connectivity index (χ1v) is 9.11. The van der Waals surface area contributed by atoms with Crippen LogP contribution in [0.25, 0.3) is 0 Å². The van der Waals surface area contributed by atoms with Gasteiger partial charge in [-0.3, -0.25) is 0 Å². The summed E-state index contributed by atoms with van der Waals surface area (Å²) in [5.41, 5.74) is 0. The Bertz CT molecular complexity index is 176. The van der Waals surface area contributed by atoms with Gasteiger partial charge in [0, 0.05) is 0 Å². The third-order valence-electron chi connectivity index (χ3n) is 2.51. The summed E-state index contributed by atoms with van der Waals surface area (Å²) >= 11 is 5.13. The van der Waals surface area contributed by atoms with E-state index in [9.17, 15) is 0 Å². The van der Waals surface area contributed by atoms with Crippen molar-refractivity contribution in [3.8, 4) is 0 Å². The molecule has 0 bridgehead atoms. The third kappa shape index (κ3) is 3.54. The molecule has 2 aliphatic rings. The van der Waals surface area contributed by atoms with Crippen molar-refractivity contribution in [2.24, 2.45) is 0 Å². The molecule has 1 unspecified atom stereocenters. The van der Waals surface area contributed by atoms with Crippen molar-refractivity contribution < 1.29 is 0 Å². The van der Waals surface area contributed by atoms with Gasteiger partial charge in [-0.05, 0) is 0 Å². The summed E-state index contributed by atoms with van der Waals surface area (Å²) in [7, 11) is 0. The number of rotatable bonds is 2. The summed E-state index contributed by atoms with van der Waals surface area (Å²) in [6, 6.07) is 0. The molecule has 1 heterocycles. The van der Waals surface area contributed by atoms with Gasteiger partial charge in [0.05, 0.1) is 0 Å². The summed E-state index contributed by atoms with van der Waals surface area (Å²) in [5.74, 6) is 0. The van der Waals surface area contributed by atoms with Crippen LogP contribution in [0.1, 0.15) is 32.1 Å². The first kappa shape index (κ1) is 10.5. The standard InChI is InChI=1S/C10H16S2Se/c1-2-4-9(5-3-1)12-10-8-13-7-6-11-10/h6-7,9-10H,1-5,8H2. The van der Waals surface area contributed by atoms with Crippen LogP contribution in [0.3, 0.4) is 0 Å². The first-order chi connectivity index (χ1) is 6.45. The molecule has 0 saturated heterocycles. The Balaban J connectivity index is 1.72. The molecule has 3 heteroatoms. The second kappa shape index (κ2) is 5.75. The predicted molar refractivity (Wildman–Crippen MR) is 65.5 cm³/mol. The van der Waals surface area contributed by atoms with Gasteiger partial charge in [-0.1, -0.05) is 0 Å². The molecule has 0 N–H and O–H groups in total. The Morgan fingerprint density at radius 1 is 1.23 bits per heavy atom. The third-order valence-corrected chi connectivity index (χ3v) is 8.40. The molecule has 74 valence electrons. The van der Waals surface area contributed by atoms with Crippen LogP contribution in [0.2, 0.25) is 5.32 Å². The maximum atomic E-state index is 2.37. The van der Waals surface area contributed by atoms with Crippen LogP contribution in [0, 0.1) is 0 Å². The van der Waals surface area contributed by atoms with Gasteiger partial charge < -0.3 is 0 Å². The molecular weight excluding hydrogens is 263 g/mol. The fraction of sp³-hybridized carbons (Fsp3) is 0.800. The monoisotopic (exact) mass is 280 g/mol. The van der Waals surface area contributed by atoms with Crippen LogP contribution < -0.4 is 0 Å². The van der Waals surface area contributed by atoms with Crippen LogP contribution in [-0.2, 0) is 0 Å². The van der Waals surface area contributed by atoms with Crippen LogP contribution in [0.4, 0.5) is 0 Å². The van der Waals surface area contributed by atoms with Crippen molar-refractivity contribution in [1.29, 1.82) is 0 Å². The van der Waals surface area contributed by atoms with Gasteiger partial charge in [0.15, 0.2) is 0 Å². The average Bonchev–Trinajstić information content (AvgIpc) is 2.21. The Hall–Kier alpha value is 0.959. The molecule has 1 aliphatic carbocycles.